The largest absolute Gasteiger partial charge is 0.309 e. The molecule has 0 aliphatic carbocycles. The molecular formula is C121H89N3. The molecule has 0 aliphatic heterocycles. The van der Waals surface area contributed by atoms with Gasteiger partial charge in [0.1, 0.15) is 0 Å². The van der Waals surface area contributed by atoms with E-state index in [0.29, 0.717) is 0 Å². The summed E-state index contributed by atoms with van der Waals surface area (Å²) in [5, 5.41) is 23.1. The summed E-state index contributed by atoms with van der Waals surface area (Å²) in [4.78, 5) is 0. The second-order valence-electron chi connectivity index (χ2n) is 34.2. The number of aryl methyl sites for hydroxylation is 3. The fraction of sp³-hybridized carbons (Fsp3) is 0.0579. The van der Waals surface area contributed by atoms with Crippen molar-refractivity contribution < 1.29 is 0 Å². The van der Waals surface area contributed by atoms with Gasteiger partial charge >= 0.3 is 0 Å². The maximum atomic E-state index is 2.45. The lowest BCUT2D eigenvalue weighted by Crippen LogP contribution is -2.12. The Morgan fingerprint density at radius 1 is 0.169 bits per heavy atom. The van der Waals surface area contributed by atoms with Gasteiger partial charge in [-0.1, -0.05) is 379 Å². The van der Waals surface area contributed by atoms with Crippen molar-refractivity contribution in [3.05, 3.63) is 453 Å². The normalized spacial score (nSPS) is 11.8. The zero-order valence-electron chi connectivity index (χ0n) is 70.3. The third-order valence-electron chi connectivity index (χ3n) is 25.8. The topological polar surface area (TPSA) is 14.8 Å². The summed E-state index contributed by atoms with van der Waals surface area (Å²) in [7, 11) is 0. The molecule has 0 amide bonds. The molecule has 124 heavy (non-hydrogen) atoms. The van der Waals surface area contributed by atoms with Crippen molar-refractivity contribution in [1.29, 1.82) is 0 Å². The summed E-state index contributed by atoms with van der Waals surface area (Å²) in [5.41, 5.74) is 31.5. The van der Waals surface area contributed by atoms with Gasteiger partial charge in [0.25, 0.3) is 0 Å². The molecule has 0 saturated carbocycles. The molecule has 588 valence electrons. The van der Waals surface area contributed by atoms with Gasteiger partial charge in [0.05, 0.1) is 33.1 Å². The highest BCUT2D eigenvalue weighted by atomic mass is 15.0. The lowest BCUT2D eigenvalue weighted by atomic mass is 9.82. The van der Waals surface area contributed by atoms with Gasteiger partial charge in [0, 0.05) is 49.4 Å². The maximum Gasteiger partial charge on any atom is 0.0541 e. The lowest BCUT2D eigenvalue weighted by molar-refractivity contribution is 0.590. The van der Waals surface area contributed by atoms with Crippen molar-refractivity contribution in [2.75, 3.05) is 0 Å². The Hall–Kier alpha value is -15.4. The van der Waals surface area contributed by atoms with E-state index < -0.39 is 0 Å². The van der Waals surface area contributed by atoms with Crippen LogP contribution in [0, 0.1) is 20.8 Å². The van der Waals surface area contributed by atoms with Crippen LogP contribution in [0.25, 0.3) is 214 Å². The molecule has 24 rings (SSSR count). The second kappa shape index (κ2) is 30.7. The third kappa shape index (κ3) is 12.6. The average Bonchev–Trinajstić information content (AvgIpc) is 1.22. The second-order valence-corrected chi connectivity index (χ2v) is 34.2. The number of aromatic nitrogens is 3. The monoisotopic (exact) mass is 1580 g/mol. The van der Waals surface area contributed by atoms with Crippen LogP contribution >= 0.6 is 0 Å². The fourth-order valence-corrected chi connectivity index (χ4v) is 20.3. The van der Waals surface area contributed by atoms with E-state index in [1.54, 1.807) is 0 Å². The smallest absolute Gasteiger partial charge is 0.0541 e. The van der Waals surface area contributed by atoms with E-state index in [9.17, 15) is 0 Å². The van der Waals surface area contributed by atoms with Crippen LogP contribution in [0.4, 0.5) is 0 Å². The highest BCUT2D eigenvalue weighted by Crippen LogP contribution is 2.51. The molecule has 0 aliphatic rings. The first kappa shape index (κ1) is 74.8. The van der Waals surface area contributed by atoms with E-state index in [4.69, 9.17) is 0 Å². The van der Waals surface area contributed by atoms with Crippen molar-refractivity contribution in [2.45, 2.75) is 47.0 Å². The van der Waals surface area contributed by atoms with E-state index in [2.05, 4.69) is 486 Å². The lowest BCUT2D eigenvalue weighted by Gasteiger charge is -2.24. The number of hydrogen-bond acceptors (Lipinski definition) is 0. The molecule has 24 aromatic rings. The first-order chi connectivity index (χ1) is 61.0. The van der Waals surface area contributed by atoms with Gasteiger partial charge in [0.2, 0.25) is 0 Å². The number of rotatable bonds is 9. The van der Waals surface area contributed by atoms with E-state index in [0.717, 1.165) is 0 Å². The zero-order valence-corrected chi connectivity index (χ0v) is 70.3. The van der Waals surface area contributed by atoms with Gasteiger partial charge in [-0.3, -0.25) is 0 Å². The standard InChI is InChI=1S/C42H33N.C40H29N.C39H27N/c1-42(2,3)30-25-29(26-31(27-30)43-38-23-13-11-17-32(38)33-18-12-14-24-39(33)43)41-36-21-9-7-19-34(36)40(28-15-5-4-6-16-28)35-20-8-10-22-37(35)41;1-26-25-38(41-36-22-12-10-16-29(36)30-17-11-13-23-37(30)41)27(2)24-35(26)40-33-20-8-6-18-31(33)39(28-14-4-3-5-15-28)32-19-7-9-21-34(32)40;1-26-25-28(40-36-21-11-9-15-30(36)31-16-10-12-22-37(31)40)23-24-29(26)39-34-19-7-5-17-32(34)38(27-13-3-2-4-14-27)33-18-6-8-20-35(33)39/h4-27H,1-3H3;3-25H,1-2H3;2-25H,1H3. The minimum atomic E-state index is -0.0287. The Balaban J connectivity index is 0.000000111. The molecule has 0 unspecified atom stereocenters. The predicted molar refractivity (Wildman–Crippen MR) is 533 cm³/mol. The Labute approximate surface area is 722 Å². The van der Waals surface area contributed by atoms with Crippen LogP contribution in [0.1, 0.15) is 43.0 Å². The Morgan fingerprint density at radius 3 is 0.726 bits per heavy atom. The van der Waals surface area contributed by atoms with Crippen LogP contribution in [-0.2, 0) is 5.41 Å². The molecule has 3 aromatic heterocycles. The molecule has 0 saturated heterocycles. The number of fused-ring (bicyclic) bond motifs is 15. The first-order valence-corrected chi connectivity index (χ1v) is 43.3. The molecule has 3 heteroatoms. The zero-order chi connectivity index (χ0) is 83.3. The molecule has 0 fully saturated rings. The molecule has 0 radical (unpaired) electrons. The van der Waals surface area contributed by atoms with Crippen molar-refractivity contribution in [2.24, 2.45) is 0 Å². The summed E-state index contributed by atoms with van der Waals surface area (Å²) in [6, 6.07) is 157. The number of para-hydroxylation sites is 6. The van der Waals surface area contributed by atoms with Crippen molar-refractivity contribution in [3.63, 3.8) is 0 Å². The average molecular weight is 1590 g/mol. The molecule has 21 aromatic carbocycles. The minimum Gasteiger partial charge on any atom is -0.309 e. The predicted octanol–water partition coefficient (Wildman–Crippen LogP) is 33.5. The minimum absolute atomic E-state index is 0.0287. The molecule has 0 N–H and O–H groups in total. The van der Waals surface area contributed by atoms with Crippen molar-refractivity contribution >= 4 is 130 Å². The van der Waals surface area contributed by atoms with Crippen molar-refractivity contribution in [1.82, 2.24) is 13.7 Å². The summed E-state index contributed by atoms with van der Waals surface area (Å²) in [5.74, 6) is 0. The SMILES string of the molecule is CC(C)(C)c1cc(-c2c3ccccc3c(-c3ccccc3)c3ccccc23)cc(-n2c3ccccc3c3ccccc32)c1.Cc1cc(-n2c3ccccc3c3ccccc32)c(C)cc1-c1c2ccccc2c(-c2ccccc2)c2ccccc12.Cc1cc(-n2c3ccccc3c3ccccc32)ccc1-c1c2ccccc2c(-c2ccccc2)c2ccccc12. The summed E-state index contributed by atoms with van der Waals surface area (Å²) in [6.45, 7) is 13.7. The third-order valence-corrected chi connectivity index (χ3v) is 25.8. The molecule has 0 spiro atoms. The van der Waals surface area contributed by atoms with Crippen LogP contribution in [0.3, 0.4) is 0 Å². The van der Waals surface area contributed by atoms with Gasteiger partial charge in [0.15, 0.2) is 0 Å². The van der Waals surface area contributed by atoms with Gasteiger partial charge in [-0.25, -0.2) is 0 Å². The van der Waals surface area contributed by atoms with Crippen LogP contribution in [0.5, 0.6) is 0 Å². The Morgan fingerprint density at radius 2 is 0.419 bits per heavy atom. The van der Waals surface area contributed by atoms with Gasteiger partial charge in [-0.05, 0) is 253 Å². The Bertz CT molecular complexity index is 8020. The molecule has 3 heterocycles. The molecule has 0 atom stereocenters. The number of benzene rings is 21. The molecule has 3 nitrogen and oxygen atoms in total. The van der Waals surface area contributed by atoms with E-state index in [1.165, 1.54) is 236 Å². The van der Waals surface area contributed by atoms with Crippen molar-refractivity contribution in [3.8, 4) is 83.8 Å². The van der Waals surface area contributed by atoms with E-state index in [1.807, 2.05) is 0 Å². The maximum absolute atomic E-state index is 2.45. The number of hydrogen-bond donors (Lipinski definition) is 0. The first-order valence-electron chi connectivity index (χ1n) is 43.3. The van der Waals surface area contributed by atoms with Crippen LogP contribution < -0.4 is 0 Å². The van der Waals surface area contributed by atoms with Gasteiger partial charge in [-0.2, -0.15) is 0 Å². The van der Waals surface area contributed by atoms with Gasteiger partial charge < -0.3 is 13.7 Å². The van der Waals surface area contributed by atoms with Crippen LogP contribution in [0.15, 0.2) is 431 Å². The Kier molecular flexibility index (Phi) is 18.5. The van der Waals surface area contributed by atoms with E-state index >= 15 is 0 Å². The van der Waals surface area contributed by atoms with Gasteiger partial charge in [-0.15, -0.1) is 0 Å². The fourth-order valence-electron chi connectivity index (χ4n) is 20.3. The summed E-state index contributed by atoms with van der Waals surface area (Å²) in [6.07, 6.45) is 0. The van der Waals surface area contributed by atoms with Crippen LogP contribution in [0.2, 0.25) is 0 Å². The summed E-state index contributed by atoms with van der Waals surface area (Å²) < 4.78 is 7.29. The van der Waals surface area contributed by atoms with Crippen LogP contribution in [-0.4, -0.2) is 13.7 Å². The number of nitrogens with zero attached hydrogens (tertiary/aromatic N) is 3. The highest BCUT2D eigenvalue weighted by Gasteiger charge is 2.26. The molecular weight excluding hydrogens is 1500 g/mol. The highest BCUT2D eigenvalue weighted by molar-refractivity contribution is 6.25. The van der Waals surface area contributed by atoms with E-state index in [-0.39, 0.29) is 5.41 Å². The summed E-state index contributed by atoms with van der Waals surface area (Å²) >= 11 is 0. The molecule has 0 bridgehead atoms. The quantitative estimate of drug-likeness (QED) is 0.128.